The molecule has 0 unspecified atom stereocenters. The van der Waals surface area contributed by atoms with Crippen molar-refractivity contribution >= 4 is 16.9 Å². The molecule has 34 heavy (non-hydrogen) atoms. The lowest BCUT2D eigenvalue weighted by molar-refractivity contribution is -0.186. The van der Waals surface area contributed by atoms with Crippen LogP contribution < -0.4 is 0 Å². The van der Waals surface area contributed by atoms with Crippen LogP contribution >= 0.6 is 0 Å². The second kappa shape index (κ2) is 7.60. The average molecular weight is 466 g/mol. The molecule has 3 fully saturated rings. The Labute approximate surface area is 197 Å². The highest BCUT2D eigenvalue weighted by molar-refractivity contribution is 5.87. The van der Waals surface area contributed by atoms with Gasteiger partial charge in [0.2, 0.25) is 5.92 Å². The number of aromatic amines is 1. The Kier molecular flexibility index (Phi) is 4.86. The van der Waals surface area contributed by atoms with Gasteiger partial charge in [0.25, 0.3) is 0 Å². The molecular weight excluding hydrogens is 436 g/mol. The number of carboxylic acids is 1. The van der Waals surface area contributed by atoms with E-state index >= 15 is 0 Å². The number of aromatic carboxylic acids is 1. The SMILES string of the molecule is Cc1cc(C2CC2)c(CN2CCC3(C[C@H]2c2ccc(C(=O)O)nc2)CC(F)(F)C3)c2cc[nH]c12. The second-order valence-electron chi connectivity index (χ2n) is 10.7. The number of hydrogen-bond acceptors (Lipinski definition) is 3. The number of rotatable bonds is 5. The number of benzene rings is 1. The highest BCUT2D eigenvalue weighted by atomic mass is 19.3. The van der Waals surface area contributed by atoms with Gasteiger partial charge >= 0.3 is 5.97 Å². The molecule has 2 aromatic heterocycles. The van der Waals surface area contributed by atoms with Crippen LogP contribution in [-0.2, 0) is 6.54 Å². The van der Waals surface area contributed by atoms with Gasteiger partial charge in [-0.15, -0.1) is 0 Å². The van der Waals surface area contributed by atoms with Crippen molar-refractivity contribution in [2.24, 2.45) is 5.41 Å². The fourth-order valence-electron chi connectivity index (χ4n) is 6.42. The predicted molar refractivity (Wildman–Crippen MR) is 125 cm³/mol. The number of H-pyrrole nitrogens is 1. The number of piperidine rings is 1. The average Bonchev–Trinajstić information content (AvgIpc) is 3.50. The zero-order chi connectivity index (χ0) is 23.7. The van der Waals surface area contributed by atoms with Gasteiger partial charge in [0.1, 0.15) is 5.69 Å². The van der Waals surface area contributed by atoms with Gasteiger partial charge < -0.3 is 10.1 Å². The van der Waals surface area contributed by atoms with Crippen LogP contribution in [0.2, 0.25) is 0 Å². The van der Waals surface area contributed by atoms with Crippen molar-refractivity contribution in [3.63, 3.8) is 0 Å². The second-order valence-corrected chi connectivity index (χ2v) is 10.7. The number of aryl methyl sites for hydroxylation is 1. The van der Waals surface area contributed by atoms with E-state index in [0.29, 0.717) is 12.3 Å². The molecule has 1 saturated heterocycles. The lowest BCUT2D eigenvalue weighted by Crippen LogP contribution is -2.53. The summed E-state index contributed by atoms with van der Waals surface area (Å²) >= 11 is 0. The Morgan fingerprint density at radius 1 is 1.26 bits per heavy atom. The van der Waals surface area contributed by atoms with Gasteiger partial charge in [-0.1, -0.05) is 12.1 Å². The van der Waals surface area contributed by atoms with Gasteiger partial charge in [-0.2, -0.15) is 0 Å². The number of hydrogen-bond donors (Lipinski definition) is 2. The molecule has 3 aromatic rings. The lowest BCUT2D eigenvalue weighted by Gasteiger charge is -2.54. The van der Waals surface area contributed by atoms with Gasteiger partial charge in [0.05, 0.1) is 0 Å². The number of halogens is 2. The number of fused-ring (bicyclic) bond motifs is 1. The van der Waals surface area contributed by atoms with Crippen molar-refractivity contribution in [2.75, 3.05) is 6.54 Å². The fraction of sp³-hybridized carbons (Fsp3) is 0.481. The number of nitrogens with one attached hydrogen (secondary N) is 1. The monoisotopic (exact) mass is 465 g/mol. The number of pyridine rings is 1. The van der Waals surface area contributed by atoms with E-state index in [1.54, 1.807) is 6.20 Å². The molecule has 7 heteroatoms. The number of aromatic nitrogens is 2. The lowest BCUT2D eigenvalue weighted by atomic mass is 9.59. The van der Waals surface area contributed by atoms with Crippen molar-refractivity contribution in [3.8, 4) is 0 Å². The van der Waals surface area contributed by atoms with Crippen LogP contribution in [0.4, 0.5) is 8.78 Å². The maximum absolute atomic E-state index is 13.9. The Balaban J connectivity index is 1.37. The minimum atomic E-state index is -2.56. The van der Waals surface area contributed by atoms with E-state index in [2.05, 4.69) is 33.9 Å². The molecule has 1 aromatic carbocycles. The Morgan fingerprint density at radius 2 is 2.06 bits per heavy atom. The van der Waals surface area contributed by atoms with Gasteiger partial charge in [-0.25, -0.2) is 18.6 Å². The first-order chi connectivity index (χ1) is 16.2. The number of carbonyl (C=O) groups is 1. The van der Waals surface area contributed by atoms with E-state index in [1.165, 1.54) is 41.0 Å². The summed E-state index contributed by atoms with van der Waals surface area (Å²) in [5, 5.41) is 10.5. The standard InChI is InChI=1S/C27H29F2N3O2/c1-16-10-20(17-2-3-17)21(19-6-8-30-24(16)19)13-32-9-7-26(14-27(28,29)15-26)11-23(32)18-4-5-22(25(33)34)31-12-18/h4-6,8,10,12,17,23,30H,2-3,7,9,11,13-15H2,1H3,(H,33,34)/t23-/m0/s1. The number of carboxylic acid groups (broad SMARTS) is 1. The third kappa shape index (κ3) is 3.70. The molecule has 3 heterocycles. The molecule has 0 amide bonds. The topological polar surface area (TPSA) is 69.2 Å². The third-order valence-electron chi connectivity index (χ3n) is 8.22. The van der Waals surface area contributed by atoms with Crippen LogP contribution in [0.25, 0.3) is 10.9 Å². The van der Waals surface area contributed by atoms with Crippen molar-refractivity contribution in [1.82, 2.24) is 14.9 Å². The molecule has 0 bridgehead atoms. The number of likely N-dealkylation sites (tertiary alicyclic amines) is 1. The predicted octanol–water partition coefficient (Wildman–Crippen LogP) is 6.20. The first kappa shape index (κ1) is 21.7. The number of nitrogens with zero attached hydrogens (tertiary/aromatic N) is 2. The minimum Gasteiger partial charge on any atom is -0.477 e. The van der Waals surface area contributed by atoms with E-state index < -0.39 is 11.9 Å². The summed E-state index contributed by atoms with van der Waals surface area (Å²) in [7, 11) is 0. The Hall–Kier alpha value is -2.80. The van der Waals surface area contributed by atoms with Gasteiger partial charge in [-0.3, -0.25) is 4.90 Å². The van der Waals surface area contributed by atoms with Crippen LogP contribution in [0, 0.1) is 12.3 Å². The van der Waals surface area contributed by atoms with Crippen molar-refractivity contribution in [3.05, 3.63) is 64.6 Å². The van der Waals surface area contributed by atoms with Crippen molar-refractivity contribution in [1.29, 1.82) is 0 Å². The van der Waals surface area contributed by atoms with Crippen LogP contribution in [0.15, 0.2) is 36.7 Å². The summed E-state index contributed by atoms with van der Waals surface area (Å²) in [6.45, 7) is 3.64. The normalized spacial score (nSPS) is 23.8. The molecule has 1 aliphatic heterocycles. The highest BCUT2D eigenvalue weighted by Gasteiger charge is 2.58. The zero-order valence-corrected chi connectivity index (χ0v) is 19.3. The van der Waals surface area contributed by atoms with Crippen LogP contribution in [0.1, 0.15) is 83.2 Å². The van der Waals surface area contributed by atoms with Gasteiger partial charge in [-0.05, 0) is 84.9 Å². The van der Waals surface area contributed by atoms with E-state index in [4.69, 9.17) is 0 Å². The molecule has 2 aliphatic carbocycles. The molecular formula is C27H29F2N3O2. The maximum Gasteiger partial charge on any atom is 0.354 e. The molecule has 2 N–H and O–H groups in total. The van der Waals surface area contributed by atoms with Crippen LogP contribution in [0.3, 0.4) is 0 Å². The van der Waals surface area contributed by atoms with Gasteiger partial charge in [0.15, 0.2) is 0 Å². The third-order valence-corrected chi connectivity index (χ3v) is 8.22. The van der Waals surface area contributed by atoms with Gasteiger partial charge in [0, 0.05) is 48.7 Å². The molecule has 3 aliphatic rings. The Morgan fingerprint density at radius 3 is 2.71 bits per heavy atom. The number of alkyl halides is 2. The first-order valence-electron chi connectivity index (χ1n) is 12.1. The smallest absolute Gasteiger partial charge is 0.354 e. The summed E-state index contributed by atoms with van der Waals surface area (Å²) in [5.41, 5.74) is 5.73. The summed E-state index contributed by atoms with van der Waals surface area (Å²) in [5.74, 6) is -3.03. The van der Waals surface area contributed by atoms with E-state index in [0.717, 1.165) is 30.6 Å². The minimum absolute atomic E-state index is 0.000384. The summed E-state index contributed by atoms with van der Waals surface area (Å²) in [6.07, 6.45) is 7.36. The highest BCUT2D eigenvalue weighted by Crippen LogP contribution is 2.60. The molecule has 2 saturated carbocycles. The zero-order valence-electron chi connectivity index (χ0n) is 19.3. The Bertz CT molecular complexity index is 1250. The van der Waals surface area contributed by atoms with Crippen LogP contribution in [-0.4, -0.2) is 38.4 Å². The molecule has 178 valence electrons. The molecule has 0 radical (unpaired) electrons. The van der Waals surface area contributed by atoms with Crippen molar-refractivity contribution < 1.29 is 18.7 Å². The van der Waals surface area contributed by atoms with E-state index in [1.807, 2.05) is 12.3 Å². The quantitative estimate of drug-likeness (QED) is 0.471. The van der Waals surface area contributed by atoms with Crippen LogP contribution in [0.5, 0.6) is 0 Å². The molecule has 5 nitrogen and oxygen atoms in total. The molecule has 1 atom stereocenters. The van der Waals surface area contributed by atoms with Crippen molar-refractivity contribution in [2.45, 2.75) is 69.9 Å². The maximum atomic E-state index is 13.9. The molecule has 6 rings (SSSR count). The van der Waals surface area contributed by atoms with E-state index in [9.17, 15) is 18.7 Å². The summed E-state index contributed by atoms with van der Waals surface area (Å²) < 4.78 is 27.8. The summed E-state index contributed by atoms with van der Waals surface area (Å²) in [4.78, 5) is 21.2. The summed E-state index contributed by atoms with van der Waals surface area (Å²) in [6, 6.07) is 7.75. The largest absolute Gasteiger partial charge is 0.477 e. The molecule has 1 spiro atoms. The first-order valence-corrected chi connectivity index (χ1v) is 12.1. The fourth-order valence-corrected chi connectivity index (χ4v) is 6.42. The van der Waals surface area contributed by atoms with E-state index in [-0.39, 0.29) is 30.0 Å².